The monoisotopic (exact) mass is 655 g/mol. The zero-order valence-electron chi connectivity index (χ0n) is 24.6. The first-order valence-corrected chi connectivity index (χ1v) is 15.0. The lowest BCUT2D eigenvalue weighted by Gasteiger charge is -2.44. The average molecular weight is 656 g/mol. The van der Waals surface area contributed by atoms with Crippen LogP contribution < -0.4 is 5.32 Å². The number of anilines is 1. The molecule has 1 aromatic carbocycles. The molecular formula is C29H34ClNO10S2. The largest absolute Gasteiger partial charge is 0.463 e. The van der Waals surface area contributed by atoms with Gasteiger partial charge in [0, 0.05) is 50.5 Å². The van der Waals surface area contributed by atoms with Crippen molar-refractivity contribution >= 4 is 75.1 Å². The van der Waals surface area contributed by atoms with Crippen molar-refractivity contribution in [1.82, 2.24) is 0 Å². The number of hydrogen-bond donors (Lipinski definition) is 1. The first kappa shape index (κ1) is 34.5. The predicted molar refractivity (Wildman–Crippen MR) is 162 cm³/mol. The molecule has 2 aliphatic rings. The van der Waals surface area contributed by atoms with Gasteiger partial charge in [0.15, 0.2) is 24.1 Å². The molecule has 0 saturated carbocycles. The Labute approximate surface area is 264 Å². The van der Waals surface area contributed by atoms with E-state index in [-0.39, 0.29) is 34.0 Å². The highest BCUT2D eigenvalue weighted by Crippen LogP contribution is 2.42. The Bertz CT molecular complexity index is 1310. The zero-order valence-corrected chi connectivity index (χ0v) is 27.0. The molecule has 0 unspecified atom stereocenters. The first-order valence-electron chi connectivity index (χ1n) is 13.4. The third-order valence-electron chi connectivity index (χ3n) is 6.39. The Hall–Kier alpha value is -3.00. The summed E-state index contributed by atoms with van der Waals surface area (Å²) in [4.78, 5) is 61.4. The van der Waals surface area contributed by atoms with Crippen LogP contribution in [0.2, 0.25) is 5.02 Å². The second-order valence-electron chi connectivity index (χ2n) is 10.9. The molecule has 43 heavy (non-hydrogen) atoms. The van der Waals surface area contributed by atoms with Crippen LogP contribution in [0.4, 0.5) is 5.69 Å². The summed E-state index contributed by atoms with van der Waals surface area (Å²) in [6.07, 6.45) is -4.37. The molecule has 1 saturated heterocycles. The number of allylic oxidation sites excluding steroid dienone is 1. The molecule has 0 bridgehead atoms. The van der Waals surface area contributed by atoms with E-state index < -0.39 is 53.7 Å². The van der Waals surface area contributed by atoms with E-state index in [0.29, 0.717) is 22.8 Å². The molecule has 5 atom stereocenters. The Balaban J connectivity index is 2.04. The maximum atomic E-state index is 13.5. The number of carbonyl (C=O) groups excluding carboxylic acids is 5. The van der Waals surface area contributed by atoms with E-state index in [1.807, 2.05) is 13.8 Å². The molecule has 3 rings (SSSR count). The van der Waals surface area contributed by atoms with Crippen molar-refractivity contribution in [3.63, 3.8) is 0 Å². The van der Waals surface area contributed by atoms with Gasteiger partial charge in [0.1, 0.15) is 18.1 Å². The maximum Gasteiger partial charge on any atom is 0.303 e. The number of thiocarbonyl (C=S) groups is 1. The lowest BCUT2D eigenvalue weighted by atomic mass is 9.76. The van der Waals surface area contributed by atoms with Gasteiger partial charge in [-0.2, -0.15) is 0 Å². The van der Waals surface area contributed by atoms with Gasteiger partial charge in [0.2, 0.25) is 0 Å². The molecule has 0 radical (unpaired) electrons. The Morgan fingerprint density at radius 3 is 2.05 bits per heavy atom. The van der Waals surface area contributed by atoms with Crippen molar-refractivity contribution in [2.24, 2.45) is 5.41 Å². The number of ketones is 1. The van der Waals surface area contributed by atoms with Gasteiger partial charge in [0.05, 0.1) is 9.77 Å². The Kier molecular flexibility index (Phi) is 11.8. The fraction of sp³-hybridized carbons (Fsp3) is 0.517. The molecule has 234 valence electrons. The summed E-state index contributed by atoms with van der Waals surface area (Å²) >= 11 is 12.7. The van der Waals surface area contributed by atoms with Crippen LogP contribution in [0.15, 0.2) is 35.5 Å². The fourth-order valence-electron chi connectivity index (χ4n) is 4.82. The number of rotatable bonds is 9. The highest BCUT2D eigenvalue weighted by Gasteiger charge is 2.53. The van der Waals surface area contributed by atoms with Gasteiger partial charge in [0.25, 0.3) is 0 Å². The standard InChI is InChI=1S/C29H34ClNO10S2/c1-14(32)37-13-22-24(38-15(2)33)25(39-16(3)34)26(40-17(4)35)27(41-22)43-28(42)23-20(11-29(5,6)12-21(23)36)31-19-9-7-18(30)8-10-19/h7-10,22,24-27,31H,11-13H2,1-6H3/t22-,24-,25+,26-,27+/m1/s1. The summed E-state index contributed by atoms with van der Waals surface area (Å²) in [7, 11) is 0. The van der Waals surface area contributed by atoms with Crippen molar-refractivity contribution in [1.29, 1.82) is 0 Å². The molecule has 1 N–H and O–H groups in total. The molecule has 1 aromatic rings. The lowest BCUT2D eigenvalue weighted by Crippen LogP contribution is -2.61. The first-order chi connectivity index (χ1) is 20.1. The minimum Gasteiger partial charge on any atom is -0.463 e. The number of Topliss-reactive ketones (excluding diaryl/α,β-unsaturated/α-hetero) is 1. The highest BCUT2D eigenvalue weighted by atomic mass is 35.5. The summed E-state index contributed by atoms with van der Waals surface area (Å²) < 4.78 is 27.9. The number of carbonyl (C=O) groups is 5. The summed E-state index contributed by atoms with van der Waals surface area (Å²) in [5, 5.41) is 3.85. The zero-order chi connectivity index (χ0) is 32.1. The van der Waals surface area contributed by atoms with Crippen molar-refractivity contribution in [2.45, 2.75) is 84.2 Å². The second-order valence-corrected chi connectivity index (χ2v) is 13.1. The number of hydrogen-bond acceptors (Lipinski definition) is 13. The Morgan fingerprint density at radius 1 is 0.930 bits per heavy atom. The Morgan fingerprint density at radius 2 is 1.49 bits per heavy atom. The smallest absolute Gasteiger partial charge is 0.303 e. The third kappa shape index (κ3) is 9.75. The minimum absolute atomic E-state index is 0.137. The molecule has 1 fully saturated rings. The van der Waals surface area contributed by atoms with Crippen LogP contribution in [0.1, 0.15) is 54.4 Å². The van der Waals surface area contributed by atoms with E-state index in [4.69, 9.17) is 47.5 Å². The topological polar surface area (TPSA) is 144 Å². The number of benzene rings is 1. The van der Waals surface area contributed by atoms with Crippen LogP contribution in [-0.4, -0.2) is 70.3 Å². The normalized spacial score (nSPS) is 24.9. The average Bonchev–Trinajstić information content (AvgIpc) is 2.86. The van der Waals surface area contributed by atoms with Gasteiger partial charge in [-0.05, 0) is 36.1 Å². The van der Waals surface area contributed by atoms with Gasteiger partial charge in [-0.1, -0.05) is 49.4 Å². The van der Waals surface area contributed by atoms with Crippen molar-refractivity contribution in [3.8, 4) is 0 Å². The molecule has 0 amide bonds. The molecule has 1 aliphatic heterocycles. The fourth-order valence-corrected chi connectivity index (χ4v) is 6.58. The van der Waals surface area contributed by atoms with Crippen LogP contribution in [0.25, 0.3) is 0 Å². The number of ether oxygens (including phenoxy) is 5. The predicted octanol–water partition coefficient (Wildman–Crippen LogP) is 4.54. The summed E-state index contributed by atoms with van der Waals surface area (Å²) in [6, 6.07) is 6.97. The molecule has 1 aliphatic carbocycles. The van der Waals surface area contributed by atoms with E-state index >= 15 is 0 Å². The van der Waals surface area contributed by atoms with Gasteiger partial charge in [-0.15, -0.1) is 0 Å². The molecule has 0 spiro atoms. The summed E-state index contributed by atoms with van der Waals surface area (Å²) in [5.41, 5.74) is 0.0424. The third-order valence-corrected chi connectivity index (χ3v) is 8.16. The van der Waals surface area contributed by atoms with Gasteiger partial charge in [-0.25, -0.2) is 0 Å². The minimum atomic E-state index is -1.35. The number of nitrogens with one attached hydrogen (secondary N) is 1. The molecule has 1 heterocycles. The summed E-state index contributed by atoms with van der Waals surface area (Å²) in [6.45, 7) is 8.19. The number of halogens is 1. The summed E-state index contributed by atoms with van der Waals surface area (Å²) in [5.74, 6) is -3.05. The van der Waals surface area contributed by atoms with E-state index in [0.717, 1.165) is 32.5 Å². The number of thioether (sulfide) groups is 1. The van der Waals surface area contributed by atoms with Crippen LogP contribution in [-0.2, 0) is 47.7 Å². The van der Waals surface area contributed by atoms with E-state index in [2.05, 4.69) is 5.32 Å². The molecule has 11 nitrogen and oxygen atoms in total. The highest BCUT2D eigenvalue weighted by molar-refractivity contribution is 8.24. The van der Waals surface area contributed by atoms with Crippen molar-refractivity contribution in [2.75, 3.05) is 11.9 Å². The van der Waals surface area contributed by atoms with Crippen molar-refractivity contribution < 1.29 is 47.7 Å². The maximum absolute atomic E-state index is 13.5. The van der Waals surface area contributed by atoms with Crippen molar-refractivity contribution in [3.05, 3.63) is 40.6 Å². The second kappa shape index (κ2) is 14.7. The van der Waals surface area contributed by atoms with E-state index in [9.17, 15) is 24.0 Å². The van der Waals surface area contributed by atoms with Gasteiger partial charge < -0.3 is 29.0 Å². The van der Waals surface area contributed by atoms with Gasteiger partial charge in [-0.3, -0.25) is 24.0 Å². The quantitative estimate of drug-likeness (QED) is 0.226. The van der Waals surface area contributed by atoms with Crippen LogP contribution in [0.3, 0.4) is 0 Å². The molecule has 0 aromatic heterocycles. The molecule has 14 heteroatoms. The van der Waals surface area contributed by atoms with Crippen LogP contribution >= 0.6 is 35.6 Å². The van der Waals surface area contributed by atoms with E-state index in [1.165, 1.54) is 6.92 Å². The van der Waals surface area contributed by atoms with Crippen LogP contribution in [0, 0.1) is 5.41 Å². The molecular weight excluding hydrogens is 622 g/mol. The lowest BCUT2D eigenvalue weighted by molar-refractivity contribution is -0.237. The SMILES string of the molecule is CC(=O)OC[C@H]1O[C@@H](SC(=S)C2=C(Nc3ccc(Cl)cc3)CC(C)(C)CC2=O)[C@H](OC(C)=O)[C@@H](OC(C)=O)[C@@H]1OC(C)=O. The number of esters is 4. The van der Waals surface area contributed by atoms with E-state index in [1.54, 1.807) is 24.3 Å². The van der Waals surface area contributed by atoms with Crippen LogP contribution in [0.5, 0.6) is 0 Å². The van der Waals surface area contributed by atoms with Gasteiger partial charge >= 0.3 is 23.9 Å².